The second-order valence-corrected chi connectivity index (χ2v) is 14.5. The van der Waals surface area contributed by atoms with Gasteiger partial charge in [-0.3, -0.25) is 0 Å². The number of nitrogens with zero attached hydrogens (tertiary/aromatic N) is 10. The highest BCUT2D eigenvalue weighted by molar-refractivity contribution is 5.75. The van der Waals surface area contributed by atoms with Gasteiger partial charge in [-0.05, 0) is 87.5 Å². The molecule has 0 bridgehead atoms. The van der Waals surface area contributed by atoms with Crippen LogP contribution in [0.3, 0.4) is 0 Å². The molecule has 4 aliphatic rings. The summed E-state index contributed by atoms with van der Waals surface area (Å²) in [6.45, 7) is 6.00. The van der Waals surface area contributed by atoms with Crippen LogP contribution in [0.25, 0.3) is 0 Å². The number of azo groups is 2. The highest BCUT2D eigenvalue weighted by Gasteiger charge is 2.30. The summed E-state index contributed by atoms with van der Waals surface area (Å²) in [5, 5.41) is 40.7. The third-order valence-electron chi connectivity index (χ3n) is 11.1. The van der Waals surface area contributed by atoms with Crippen LogP contribution in [0.4, 0.5) is 34.6 Å². The van der Waals surface area contributed by atoms with Crippen LogP contribution in [0.5, 0.6) is 11.5 Å². The summed E-state index contributed by atoms with van der Waals surface area (Å²) < 4.78 is 8.27. The number of phenolic OH excluding ortho intramolecular Hbond substituents is 2. The smallest absolute Gasteiger partial charge is 0.421 e. The van der Waals surface area contributed by atoms with Crippen LogP contribution in [0, 0.1) is 0 Å². The lowest BCUT2D eigenvalue weighted by molar-refractivity contribution is -0.657. The standard InChI is InChI=1S/C38H48N10O2/c1-43-21-23-47(37(43)41-39-31-25-27-11-7-17-45-19-9-13-29(33(27)45)35(31)49)15-5-3-4-6-16-48-24-22-44(2)38(48)42-40-32-26-28-12-8-18-46-20-10-14-30(34(28)46)36(32)50/h21-26H,3-20H2,1-2H3/p+2. The van der Waals surface area contributed by atoms with Gasteiger partial charge in [0.15, 0.2) is 0 Å². The molecule has 4 aromatic rings. The molecule has 0 spiro atoms. The number of anilines is 2. The second-order valence-electron chi connectivity index (χ2n) is 14.5. The summed E-state index contributed by atoms with van der Waals surface area (Å²) in [6, 6.07) is 4.09. The van der Waals surface area contributed by atoms with Gasteiger partial charge in [-0.15, -0.1) is 0 Å². The van der Waals surface area contributed by atoms with Crippen molar-refractivity contribution in [2.24, 2.45) is 34.6 Å². The van der Waals surface area contributed by atoms with E-state index in [9.17, 15) is 10.2 Å². The van der Waals surface area contributed by atoms with E-state index in [0.29, 0.717) is 22.9 Å². The molecule has 6 heterocycles. The monoisotopic (exact) mass is 678 g/mol. The lowest BCUT2D eigenvalue weighted by Crippen LogP contribution is -2.34. The molecule has 12 nitrogen and oxygen atoms in total. The molecular formula is C38H50N10O2+2. The topological polar surface area (TPSA) is 114 Å². The van der Waals surface area contributed by atoms with Gasteiger partial charge in [-0.1, -0.05) is 23.1 Å². The Morgan fingerprint density at radius 3 is 1.44 bits per heavy atom. The van der Waals surface area contributed by atoms with E-state index in [2.05, 4.69) is 51.8 Å². The first-order valence-electron chi connectivity index (χ1n) is 18.6. The van der Waals surface area contributed by atoms with E-state index < -0.39 is 0 Å². The van der Waals surface area contributed by atoms with Gasteiger partial charge in [-0.2, -0.15) is 0 Å². The fourth-order valence-electron chi connectivity index (χ4n) is 8.56. The Hall–Kier alpha value is -4.74. The molecule has 0 saturated heterocycles. The van der Waals surface area contributed by atoms with E-state index in [1.54, 1.807) is 0 Å². The molecule has 0 aliphatic carbocycles. The zero-order valence-electron chi connectivity index (χ0n) is 29.6. The van der Waals surface area contributed by atoms with Crippen molar-refractivity contribution < 1.29 is 19.3 Å². The summed E-state index contributed by atoms with van der Waals surface area (Å²) in [4.78, 5) is 4.86. The Labute approximate surface area is 294 Å². The number of aromatic nitrogens is 4. The van der Waals surface area contributed by atoms with E-state index in [0.717, 1.165) is 139 Å². The third-order valence-corrected chi connectivity index (χ3v) is 11.1. The Bertz CT molecular complexity index is 1810. The minimum absolute atomic E-state index is 0.290. The molecule has 8 rings (SSSR count). The maximum absolute atomic E-state index is 11.1. The largest absolute Gasteiger partial charge is 0.505 e. The summed E-state index contributed by atoms with van der Waals surface area (Å²) in [6.07, 6.45) is 20.7. The van der Waals surface area contributed by atoms with Crippen molar-refractivity contribution >= 4 is 34.6 Å². The zero-order valence-corrected chi connectivity index (χ0v) is 29.6. The Kier molecular flexibility index (Phi) is 9.01. The molecule has 50 heavy (non-hydrogen) atoms. The number of hydrogen-bond acceptors (Lipinski definition) is 8. The number of rotatable bonds is 11. The molecular weight excluding hydrogens is 628 g/mol. The quantitative estimate of drug-likeness (QED) is 0.103. The van der Waals surface area contributed by atoms with Gasteiger partial charge in [0.05, 0.1) is 52.0 Å². The molecule has 0 amide bonds. The molecule has 0 unspecified atom stereocenters. The van der Waals surface area contributed by atoms with Gasteiger partial charge in [0.2, 0.25) is 0 Å². The molecule has 2 aromatic heterocycles. The lowest BCUT2D eigenvalue weighted by Gasteiger charge is -2.37. The Morgan fingerprint density at radius 2 is 1.00 bits per heavy atom. The molecule has 0 radical (unpaired) electrons. The van der Waals surface area contributed by atoms with Crippen molar-refractivity contribution in [3.63, 3.8) is 0 Å². The van der Waals surface area contributed by atoms with Gasteiger partial charge in [0.25, 0.3) is 0 Å². The summed E-state index contributed by atoms with van der Waals surface area (Å²) in [5.41, 5.74) is 8.30. The molecule has 0 saturated carbocycles. The number of imidazole rings is 2. The number of aryl methyl sites for hydroxylation is 6. The van der Waals surface area contributed by atoms with E-state index in [1.165, 1.54) is 22.5 Å². The summed E-state index contributed by atoms with van der Waals surface area (Å²) >= 11 is 0. The number of aromatic hydroxyl groups is 2. The first kappa shape index (κ1) is 32.5. The number of unbranched alkanes of at least 4 members (excludes halogenated alkanes) is 3. The van der Waals surface area contributed by atoms with Crippen molar-refractivity contribution in [1.29, 1.82) is 0 Å². The minimum atomic E-state index is 0.290. The fraction of sp³-hybridized carbons (Fsp3) is 0.526. The zero-order chi connectivity index (χ0) is 34.2. The van der Waals surface area contributed by atoms with E-state index in [-0.39, 0.29) is 0 Å². The van der Waals surface area contributed by atoms with Crippen molar-refractivity contribution in [2.45, 2.75) is 90.1 Å². The van der Waals surface area contributed by atoms with Crippen molar-refractivity contribution in [3.05, 3.63) is 59.2 Å². The summed E-state index contributed by atoms with van der Waals surface area (Å²) in [7, 11) is 3.98. The average Bonchev–Trinajstić information content (AvgIpc) is 3.67. The van der Waals surface area contributed by atoms with Crippen molar-refractivity contribution in [1.82, 2.24) is 9.13 Å². The molecule has 2 N–H and O–H groups in total. The lowest BCUT2D eigenvalue weighted by atomic mass is 9.90. The SMILES string of the molecule is C[n+]1ccn(CCCCCCn2cc[n+](C)c2N=Nc2cc3c4c(c2O)CCCN4CCC3)c1N=Nc1cc2c3c(c1O)CCCN3CCC2. The molecule has 0 atom stereocenters. The number of phenols is 2. The number of hydrogen-bond donors (Lipinski definition) is 2. The Morgan fingerprint density at radius 1 is 0.580 bits per heavy atom. The first-order valence-corrected chi connectivity index (χ1v) is 18.6. The predicted octanol–water partition coefficient (Wildman–Crippen LogP) is 6.84. The highest BCUT2D eigenvalue weighted by atomic mass is 16.3. The van der Waals surface area contributed by atoms with Crippen molar-refractivity contribution in [3.8, 4) is 11.5 Å². The van der Waals surface area contributed by atoms with E-state index in [4.69, 9.17) is 0 Å². The van der Waals surface area contributed by atoms with Gasteiger partial charge >= 0.3 is 11.9 Å². The fourth-order valence-corrected chi connectivity index (χ4v) is 8.56. The Balaban J connectivity index is 0.867. The van der Waals surface area contributed by atoms with Crippen molar-refractivity contribution in [2.75, 3.05) is 36.0 Å². The van der Waals surface area contributed by atoms with Crippen LogP contribution in [-0.2, 0) is 52.9 Å². The van der Waals surface area contributed by atoms with E-state index >= 15 is 0 Å². The van der Waals surface area contributed by atoms with Gasteiger partial charge in [0, 0.05) is 58.9 Å². The second kappa shape index (κ2) is 13.9. The predicted molar refractivity (Wildman–Crippen MR) is 192 cm³/mol. The minimum Gasteiger partial charge on any atom is -0.505 e. The number of benzene rings is 2. The summed E-state index contributed by atoms with van der Waals surface area (Å²) in [5.74, 6) is 2.13. The van der Waals surface area contributed by atoms with Crippen LogP contribution in [0.15, 0.2) is 57.4 Å². The van der Waals surface area contributed by atoms with Gasteiger partial charge in [0.1, 0.15) is 22.9 Å². The molecule has 12 heteroatoms. The van der Waals surface area contributed by atoms with Crippen LogP contribution in [0.1, 0.15) is 73.6 Å². The molecule has 4 aliphatic heterocycles. The first-order chi connectivity index (χ1) is 24.5. The van der Waals surface area contributed by atoms with Crippen LogP contribution in [0.2, 0.25) is 0 Å². The van der Waals surface area contributed by atoms with Gasteiger partial charge in [-0.25, -0.2) is 18.3 Å². The average molecular weight is 679 g/mol. The molecule has 262 valence electrons. The third kappa shape index (κ3) is 6.13. The normalized spacial score (nSPS) is 16.8. The van der Waals surface area contributed by atoms with E-state index in [1.807, 2.05) is 47.8 Å². The van der Waals surface area contributed by atoms with Crippen LogP contribution >= 0.6 is 0 Å². The highest BCUT2D eigenvalue weighted by Crippen LogP contribution is 2.46. The van der Waals surface area contributed by atoms with Crippen LogP contribution < -0.4 is 18.9 Å². The maximum atomic E-state index is 11.1. The van der Waals surface area contributed by atoms with Crippen LogP contribution in [-0.4, -0.2) is 45.5 Å². The maximum Gasteiger partial charge on any atom is 0.421 e. The molecule has 2 aromatic carbocycles. The molecule has 0 fully saturated rings. The van der Waals surface area contributed by atoms with Gasteiger partial charge < -0.3 is 20.0 Å².